The molecule has 3 heteroatoms. The first-order chi connectivity index (χ1) is 15.0. The summed E-state index contributed by atoms with van der Waals surface area (Å²) in [5.74, 6) is 1.19. The smallest absolute Gasteiger partial charge is 0.328 e. The number of aromatic hydroxyl groups is 1. The Morgan fingerprint density at radius 2 is 1.77 bits per heavy atom. The van der Waals surface area contributed by atoms with Crippen molar-refractivity contribution < 1.29 is 15.0 Å². The van der Waals surface area contributed by atoms with Crippen molar-refractivity contribution in [3.63, 3.8) is 0 Å². The summed E-state index contributed by atoms with van der Waals surface area (Å²) >= 11 is 0. The average molecular weight is 419 g/mol. The van der Waals surface area contributed by atoms with Crippen molar-refractivity contribution in [2.75, 3.05) is 0 Å². The highest BCUT2D eigenvalue weighted by atomic mass is 16.4. The van der Waals surface area contributed by atoms with Crippen LogP contribution in [0, 0.1) is 11.8 Å². The number of benzene rings is 2. The molecule has 0 heterocycles. The van der Waals surface area contributed by atoms with Crippen LogP contribution in [-0.4, -0.2) is 16.2 Å². The molecule has 0 amide bonds. The molecule has 0 spiro atoms. The number of aliphatic carboxylic acids is 1. The molecule has 2 N–H and O–H groups in total. The fourth-order valence-electron chi connectivity index (χ4n) is 6.00. The third kappa shape index (κ3) is 4.71. The van der Waals surface area contributed by atoms with E-state index in [-0.39, 0.29) is 5.41 Å². The summed E-state index contributed by atoms with van der Waals surface area (Å²) < 4.78 is 0. The van der Waals surface area contributed by atoms with Crippen LogP contribution in [0.3, 0.4) is 0 Å². The number of fused-ring (bicyclic) bond motifs is 3. The van der Waals surface area contributed by atoms with Crippen molar-refractivity contribution >= 4 is 12.0 Å². The van der Waals surface area contributed by atoms with Gasteiger partial charge in [0.1, 0.15) is 5.75 Å². The second kappa shape index (κ2) is 9.30. The van der Waals surface area contributed by atoms with Gasteiger partial charge in [-0.1, -0.05) is 62.9 Å². The zero-order valence-corrected chi connectivity index (χ0v) is 18.5. The summed E-state index contributed by atoms with van der Waals surface area (Å²) in [7, 11) is 0. The SMILES string of the molecule is CCCCC[C@@H]1CC2(c3cc(-c4ccc(/C=C/C(=O)O)cc4)ccc3O)CCC1CC2. The molecule has 2 bridgehead atoms. The quantitative estimate of drug-likeness (QED) is 0.352. The highest BCUT2D eigenvalue weighted by molar-refractivity contribution is 5.85. The van der Waals surface area contributed by atoms with E-state index in [0.29, 0.717) is 5.75 Å². The van der Waals surface area contributed by atoms with Gasteiger partial charge in [-0.2, -0.15) is 0 Å². The number of carbonyl (C=O) groups is 1. The fourth-order valence-corrected chi connectivity index (χ4v) is 6.00. The van der Waals surface area contributed by atoms with Gasteiger partial charge in [-0.25, -0.2) is 4.79 Å². The van der Waals surface area contributed by atoms with E-state index in [2.05, 4.69) is 13.0 Å². The molecular formula is C28H34O3. The zero-order valence-electron chi connectivity index (χ0n) is 18.5. The Bertz CT molecular complexity index is 933. The molecule has 3 saturated carbocycles. The lowest BCUT2D eigenvalue weighted by molar-refractivity contribution is -0.131. The summed E-state index contributed by atoms with van der Waals surface area (Å²) in [5.41, 5.74) is 4.33. The zero-order chi connectivity index (χ0) is 21.8. The first-order valence-corrected chi connectivity index (χ1v) is 11.9. The van der Waals surface area contributed by atoms with Gasteiger partial charge in [-0.05, 0) is 84.3 Å². The summed E-state index contributed by atoms with van der Waals surface area (Å²) in [6.45, 7) is 2.27. The molecule has 3 nitrogen and oxygen atoms in total. The molecule has 0 aromatic heterocycles. The van der Waals surface area contributed by atoms with E-state index in [9.17, 15) is 9.90 Å². The van der Waals surface area contributed by atoms with Gasteiger partial charge in [0.05, 0.1) is 0 Å². The number of phenols is 1. The molecule has 2 aromatic rings. The number of hydrogen-bond donors (Lipinski definition) is 2. The van der Waals surface area contributed by atoms with Gasteiger partial charge in [-0.3, -0.25) is 0 Å². The van der Waals surface area contributed by atoms with Gasteiger partial charge < -0.3 is 10.2 Å². The normalized spacial score (nSPS) is 25.2. The van der Waals surface area contributed by atoms with Crippen molar-refractivity contribution in [3.8, 4) is 16.9 Å². The molecular weight excluding hydrogens is 384 g/mol. The van der Waals surface area contributed by atoms with E-state index in [1.165, 1.54) is 57.8 Å². The monoisotopic (exact) mass is 418 g/mol. The van der Waals surface area contributed by atoms with E-state index in [4.69, 9.17) is 5.11 Å². The Morgan fingerprint density at radius 1 is 1.06 bits per heavy atom. The van der Waals surface area contributed by atoms with Crippen molar-refractivity contribution in [1.29, 1.82) is 0 Å². The lowest BCUT2D eigenvalue weighted by atomic mass is 9.53. The average Bonchev–Trinajstić information content (AvgIpc) is 2.79. The minimum absolute atomic E-state index is 0.121. The Hall–Kier alpha value is -2.55. The molecule has 3 aliphatic rings. The number of phenolic OH excluding ortho intramolecular Hbond substituents is 1. The van der Waals surface area contributed by atoms with Gasteiger partial charge >= 0.3 is 5.97 Å². The molecule has 3 aliphatic carbocycles. The van der Waals surface area contributed by atoms with Crippen LogP contribution in [0.15, 0.2) is 48.5 Å². The molecule has 2 aromatic carbocycles. The Labute approximate surface area is 185 Å². The summed E-state index contributed by atoms with van der Waals surface area (Å²) in [5, 5.41) is 19.7. The second-order valence-electron chi connectivity index (χ2n) is 9.60. The van der Waals surface area contributed by atoms with Crippen LogP contribution in [0.5, 0.6) is 5.75 Å². The van der Waals surface area contributed by atoms with Gasteiger partial charge in [0.15, 0.2) is 0 Å². The number of unbranched alkanes of at least 4 members (excludes halogenated alkanes) is 2. The van der Waals surface area contributed by atoms with Crippen LogP contribution >= 0.6 is 0 Å². The topological polar surface area (TPSA) is 57.5 Å². The van der Waals surface area contributed by atoms with Crippen LogP contribution in [0.4, 0.5) is 0 Å². The fraction of sp³-hybridized carbons (Fsp3) is 0.464. The van der Waals surface area contributed by atoms with E-state index >= 15 is 0 Å². The maximum Gasteiger partial charge on any atom is 0.328 e. The lowest BCUT2D eigenvalue weighted by Crippen LogP contribution is -2.43. The molecule has 0 aliphatic heterocycles. The van der Waals surface area contributed by atoms with E-state index in [1.807, 2.05) is 36.4 Å². The van der Waals surface area contributed by atoms with Crippen molar-refractivity contribution in [1.82, 2.24) is 0 Å². The van der Waals surface area contributed by atoms with Gasteiger partial charge in [0, 0.05) is 11.6 Å². The van der Waals surface area contributed by atoms with Crippen LogP contribution in [0.2, 0.25) is 0 Å². The van der Waals surface area contributed by atoms with E-state index in [0.717, 1.165) is 40.2 Å². The maximum absolute atomic E-state index is 10.8. The Kier molecular flexibility index (Phi) is 6.50. The highest BCUT2D eigenvalue weighted by Gasteiger charge is 2.47. The number of rotatable bonds is 8. The third-order valence-corrected chi connectivity index (χ3v) is 7.72. The molecule has 164 valence electrons. The Balaban J connectivity index is 1.58. The minimum atomic E-state index is -0.943. The lowest BCUT2D eigenvalue weighted by Gasteiger charge is -2.51. The second-order valence-corrected chi connectivity index (χ2v) is 9.60. The number of carboxylic acids is 1. The van der Waals surface area contributed by atoms with Crippen LogP contribution in [0.25, 0.3) is 17.2 Å². The molecule has 31 heavy (non-hydrogen) atoms. The summed E-state index contributed by atoms with van der Waals surface area (Å²) in [4.78, 5) is 10.7. The third-order valence-electron chi connectivity index (χ3n) is 7.72. The minimum Gasteiger partial charge on any atom is -0.508 e. The Morgan fingerprint density at radius 3 is 2.45 bits per heavy atom. The first kappa shape index (κ1) is 21.7. The van der Waals surface area contributed by atoms with E-state index in [1.54, 1.807) is 6.08 Å². The standard InChI is InChI=1S/C28H34O3/c1-2-3-4-5-24-19-28(16-14-22(24)15-17-28)25-18-23(11-12-26(25)29)21-9-6-20(7-10-21)8-13-27(30)31/h6-13,18,22,24,29H,2-5,14-17,19H2,1H3,(H,30,31)/b13-8+/t22?,24-,28?/m1/s1. The molecule has 0 unspecified atom stereocenters. The maximum atomic E-state index is 10.8. The number of hydrogen-bond acceptors (Lipinski definition) is 2. The van der Waals surface area contributed by atoms with Crippen molar-refractivity contribution in [2.45, 2.75) is 70.1 Å². The number of carboxylic acid groups (broad SMARTS) is 1. The first-order valence-electron chi connectivity index (χ1n) is 11.9. The van der Waals surface area contributed by atoms with Crippen LogP contribution < -0.4 is 0 Å². The van der Waals surface area contributed by atoms with Crippen LogP contribution in [-0.2, 0) is 10.2 Å². The van der Waals surface area contributed by atoms with Crippen molar-refractivity contribution in [2.24, 2.45) is 11.8 Å². The molecule has 0 saturated heterocycles. The molecule has 0 radical (unpaired) electrons. The van der Waals surface area contributed by atoms with Gasteiger partial charge in [0.25, 0.3) is 0 Å². The van der Waals surface area contributed by atoms with Crippen molar-refractivity contribution in [3.05, 3.63) is 59.7 Å². The van der Waals surface area contributed by atoms with E-state index < -0.39 is 5.97 Å². The largest absolute Gasteiger partial charge is 0.508 e. The van der Waals surface area contributed by atoms with Gasteiger partial charge in [0.2, 0.25) is 0 Å². The summed E-state index contributed by atoms with van der Waals surface area (Å²) in [6, 6.07) is 14.0. The predicted octanol–water partition coefficient (Wildman–Crippen LogP) is 7.19. The molecule has 5 rings (SSSR count). The highest BCUT2D eigenvalue weighted by Crippen LogP contribution is 2.57. The van der Waals surface area contributed by atoms with Crippen LogP contribution in [0.1, 0.15) is 75.8 Å². The molecule has 1 atom stereocenters. The van der Waals surface area contributed by atoms with Gasteiger partial charge in [-0.15, -0.1) is 0 Å². The summed E-state index contributed by atoms with van der Waals surface area (Å²) in [6.07, 6.45) is 14.2. The predicted molar refractivity (Wildman–Crippen MR) is 126 cm³/mol. The molecule has 3 fully saturated rings.